The van der Waals surface area contributed by atoms with E-state index in [2.05, 4.69) is 10.6 Å². The van der Waals surface area contributed by atoms with Crippen molar-refractivity contribution in [2.24, 2.45) is 5.92 Å². The Kier molecular flexibility index (Phi) is 3.55. The number of hydrogen-bond acceptors (Lipinski definition) is 4. The zero-order valence-electron chi connectivity index (χ0n) is 10.7. The van der Waals surface area contributed by atoms with E-state index in [0.29, 0.717) is 24.0 Å². The Morgan fingerprint density at radius 2 is 2.21 bits per heavy atom. The van der Waals surface area contributed by atoms with Crippen molar-refractivity contribution in [2.45, 2.75) is 12.5 Å². The molecule has 2 aliphatic heterocycles. The van der Waals surface area contributed by atoms with Gasteiger partial charge in [0.2, 0.25) is 6.10 Å². The van der Waals surface area contributed by atoms with Crippen LogP contribution in [-0.4, -0.2) is 38.3 Å². The third-order valence-corrected chi connectivity index (χ3v) is 3.53. The molecule has 2 heterocycles. The average molecular weight is 262 g/mol. The van der Waals surface area contributed by atoms with Crippen molar-refractivity contribution >= 4 is 5.91 Å². The third-order valence-electron chi connectivity index (χ3n) is 3.53. The van der Waals surface area contributed by atoms with E-state index >= 15 is 0 Å². The van der Waals surface area contributed by atoms with E-state index in [1.165, 1.54) is 0 Å². The molecule has 1 aromatic rings. The number of fused-ring (bicyclic) bond motifs is 1. The van der Waals surface area contributed by atoms with E-state index in [-0.39, 0.29) is 12.5 Å². The molecule has 3 rings (SSSR count). The summed E-state index contributed by atoms with van der Waals surface area (Å²) in [6.45, 7) is 2.99. The Morgan fingerprint density at radius 3 is 3.00 bits per heavy atom. The quantitative estimate of drug-likeness (QED) is 0.835. The predicted octanol–water partition coefficient (Wildman–Crippen LogP) is 0.552. The predicted molar refractivity (Wildman–Crippen MR) is 70.3 cm³/mol. The van der Waals surface area contributed by atoms with Crippen LogP contribution in [0.4, 0.5) is 0 Å². The molecule has 0 spiro atoms. The fraction of sp³-hybridized carbons (Fsp3) is 0.500. The first-order valence-corrected chi connectivity index (χ1v) is 6.70. The van der Waals surface area contributed by atoms with Gasteiger partial charge in [-0.1, -0.05) is 12.1 Å². The summed E-state index contributed by atoms with van der Waals surface area (Å²) in [5, 5.41) is 6.22. The molecule has 2 atom stereocenters. The van der Waals surface area contributed by atoms with Crippen molar-refractivity contribution in [3.05, 3.63) is 24.3 Å². The highest BCUT2D eigenvalue weighted by atomic mass is 16.6. The van der Waals surface area contributed by atoms with Gasteiger partial charge in [-0.15, -0.1) is 0 Å². The largest absolute Gasteiger partial charge is 0.485 e. The molecule has 0 unspecified atom stereocenters. The number of nitrogens with one attached hydrogen (secondary N) is 2. The molecule has 102 valence electrons. The van der Waals surface area contributed by atoms with Crippen LogP contribution in [0.5, 0.6) is 11.5 Å². The summed E-state index contributed by atoms with van der Waals surface area (Å²) in [4.78, 5) is 12.0. The van der Waals surface area contributed by atoms with E-state index in [1.807, 2.05) is 24.3 Å². The Bertz CT molecular complexity index is 458. The molecule has 0 saturated carbocycles. The zero-order valence-corrected chi connectivity index (χ0v) is 10.7. The summed E-state index contributed by atoms with van der Waals surface area (Å²) in [5.41, 5.74) is 0. The fourth-order valence-corrected chi connectivity index (χ4v) is 2.40. The molecular weight excluding hydrogens is 244 g/mol. The second-order valence-electron chi connectivity index (χ2n) is 4.97. The smallest absolute Gasteiger partial charge is 0.264 e. The van der Waals surface area contributed by atoms with Crippen LogP contribution in [0, 0.1) is 5.92 Å². The molecule has 0 aliphatic carbocycles. The van der Waals surface area contributed by atoms with Crippen molar-refractivity contribution < 1.29 is 14.3 Å². The minimum atomic E-state index is -0.552. The fourth-order valence-electron chi connectivity index (χ4n) is 2.40. The van der Waals surface area contributed by atoms with Gasteiger partial charge in [-0.25, -0.2) is 0 Å². The van der Waals surface area contributed by atoms with E-state index in [4.69, 9.17) is 9.47 Å². The van der Waals surface area contributed by atoms with Gasteiger partial charge in [0, 0.05) is 6.54 Å². The number of para-hydroxylation sites is 2. The van der Waals surface area contributed by atoms with Gasteiger partial charge in [0.05, 0.1) is 0 Å². The van der Waals surface area contributed by atoms with Gasteiger partial charge in [-0.2, -0.15) is 0 Å². The highest BCUT2D eigenvalue weighted by Crippen LogP contribution is 2.30. The Balaban J connectivity index is 1.54. The maximum absolute atomic E-state index is 12.0. The van der Waals surface area contributed by atoms with Crippen molar-refractivity contribution in [1.82, 2.24) is 10.6 Å². The Hall–Kier alpha value is -1.75. The number of carbonyl (C=O) groups is 1. The van der Waals surface area contributed by atoms with Gasteiger partial charge < -0.3 is 20.1 Å². The molecule has 19 heavy (non-hydrogen) atoms. The second kappa shape index (κ2) is 5.48. The van der Waals surface area contributed by atoms with Crippen molar-refractivity contribution in [3.8, 4) is 11.5 Å². The molecular formula is C14H18N2O3. The highest BCUT2D eigenvalue weighted by molar-refractivity contribution is 5.81. The van der Waals surface area contributed by atoms with Crippen LogP contribution >= 0.6 is 0 Å². The first kappa shape index (κ1) is 12.3. The van der Waals surface area contributed by atoms with E-state index in [9.17, 15) is 4.79 Å². The van der Waals surface area contributed by atoms with Crippen LogP contribution in [-0.2, 0) is 4.79 Å². The summed E-state index contributed by atoms with van der Waals surface area (Å²) in [6, 6.07) is 7.41. The minimum Gasteiger partial charge on any atom is -0.485 e. The normalized spacial score (nSPS) is 25.1. The number of rotatable bonds is 3. The highest BCUT2D eigenvalue weighted by Gasteiger charge is 2.27. The van der Waals surface area contributed by atoms with E-state index in [1.54, 1.807) is 0 Å². The monoisotopic (exact) mass is 262 g/mol. The standard InChI is InChI=1S/C14H18N2O3/c17-14(16-8-10-5-6-15-7-10)13-9-18-11-3-1-2-4-12(11)19-13/h1-4,10,13,15H,5-9H2,(H,16,17)/t10-,13+/m1/s1. The summed E-state index contributed by atoms with van der Waals surface area (Å²) >= 11 is 0. The number of benzene rings is 1. The number of ether oxygens (including phenoxy) is 2. The molecule has 5 nitrogen and oxygen atoms in total. The van der Waals surface area contributed by atoms with Gasteiger partial charge in [0.25, 0.3) is 5.91 Å². The Morgan fingerprint density at radius 1 is 1.37 bits per heavy atom. The van der Waals surface area contributed by atoms with Crippen molar-refractivity contribution in [3.63, 3.8) is 0 Å². The number of amides is 1. The van der Waals surface area contributed by atoms with Gasteiger partial charge >= 0.3 is 0 Å². The maximum atomic E-state index is 12.0. The molecule has 2 aliphatic rings. The molecule has 0 radical (unpaired) electrons. The van der Waals surface area contributed by atoms with Crippen LogP contribution in [0.2, 0.25) is 0 Å². The summed E-state index contributed by atoms with van der Waals surface area (Å²) in [6.07, 6.45) is 0.565. The van der Waals surface area contributed by atoms with Gasteiger partial charge in [-0.05, 0) is 37.6 Å². The Labute approximate surface area is 112 Å². The average Bonchev–Trinajstić information content (AvgIpc) is 2.97. The van der Waals surface area contributed by atoms with Crippen LogP contribution in [0.3, 0.4) is 0 Å². The van der Waals surface area contributed by atoms with Gasteiger partial charge in [-0.3, -0.25) is 4.79 Å². The van der Waals surface area contributed by atoms with Gasteiger partial charge in [0.1, 0.15) is 6.61 Å². The van der Waals surface area contributed by atoms with Crippen molar-refractivity contribution in [1.29, 1.82) is 0 Å². The van der Waals surface area contributed by atoms with Crippen LogP contribution in [0.25, 0.3) is 0 Å². The van der Waals surface area contributed by atoms with Crippen LogP contribution in [0.1, 0.15) is 6.42 Å². The first-order chi connectivity index (χ1) is 9.33. The molecule has 0 aromatic heterocycles. The van der Waals surface area contributed by atoms with E-state index < -0.39 is 6.10 Å². The third kappa shape index (κ3) is 2.81. The molecule has 1 fully saturated rings. The molecule has 5 heteroatoms. The van der Waals surface area contributed by atoms with Crippen LogP contribution < -0.4 is 20.1 Å². The van der Waals surface area contributed by atoms with Gasteiger partial charge in [0.15, 0.2) is 11.5 Å². The number of hydrogen-bond donors (Lipinski definition) is 2. The maximum Gasteiger partial charge on any atom is 0.264 e. The minimum absolute atomic E-state index is 0.0959. The molecule has 1 saturated heterocycles. The molecule has 2 N–H and O–H groups in total. The SMILES string of the molecule is O=C(NC[C@@H]1CCNC1)[C@@H]1COc2ccccc2O1. The zero-order chi connectivity index (χ0) is 13.1. The summed E-state index contributed by atoms with van der Waals surface area (Å²) in [7, 11) is 0. The summed E-state index contributed by atoms with van der Waals surface area (Å²) < 4.78 is 11.2. The first-order valence-electron chi connectivity index (χ1n) is 6.70. The van der Waals surface area contributed by atoms with Crippen LogP contribution in [0.15, 0.2) is 24.3 Å². The topological polar surface area (TPSA) is 59.6 Å². The van der Waals surface area contributed by atoms with E-state index in [0.717, 1.165) is 19.5 Å². The second-order valence-corrected chi connectivity index (χ2v) is 4.97. The molecule has 1 aromatic carbocycles. The lowest BCUT2D eigenvalue weighted by Crippen LogP contribution is -2.45. The van der Waals surface area contributed by atoms with Crippen molar-refractivity contribution in [2.75, 3.05) is 26.2 Å². The lowest BCUT2D eigenvalue weighted by Gasteiger charge is -2.25. The number of carbonyl (C=O) groups excluding carboxylic acids is 1. The molecule has 0 bridgehead atoms. The summed E-state index contributed by atoms with van der Waals surface area (Å²) in [5.74, 6) is 1.77. The lowest BCUT2D eigenvalue weighted by molar-refractivity contribution is -0.130. The molecule has 1 amide bonds. The lowest BCUT2D eigenvalue weighted by atomic mass is 10.1.